The summed E-state index contributed by atoms with van der Waals surface area (Å²) in [4.78, 5) is 0. The lowest BCUT2D eigenvalue weighted by atomic mass is 10.0. The molecule has 3 aromatic heterocycles. The molecule has 0 saturated carbocycles. The molecular formula is C48H30N2S. The van der Waals surface area contributed by atoms with Gasteiger partial charge in [-0.1, -0.05) is 133 Å². The minimum Gasteiger partial charge on any atom is -0.309 e. The van der Waals surface area contributed by atoms with E-state index in [9.17, 15) is 0 Å². The van der Waals surface area contributed by atoms with Crippen LogP contribution in [0, 0.1) is 0 Å². The van der Waals surface area contributed by atoms with Crippen LogP contribution in [0.5, 0.6) is 0 Å². The maximum absolute atomic E-state index is 2.48. The molecule has 0 amide bonds. The lowest BCUT2D eigenvalue weighted by molar-refractivity contribution is 1.17. The summed E-state index contributed by atoms with van der Waals surface area (Å²) >= 11 is 1.88. The first-order chi connectivity index (χ1) is 25.3. The number of hydrogen-bond acceptors (Lipinski definition) is 1. The van der Waals surface area contributed by atoms with Gasteiger partial charge in [-0.05, 0) is 70.8 Å². The Morgan fingerprint density at radius 1 is 0.353 bits per heavy atom. The average molecular weight is 667 g/mol. The number of para-hydroxylation sites is 2. The lowest BCUT2D eigenvalue weighted by Gasteiger charge is -2.12. The van der Waals surface area contributed by atoms with Crippen LogP contribution < -0.4 is 0 Å². The Morgan fingerprint density at radius 2 is 1.02 bits per heavy atom. The first-order valence-electron chi connectivity index (χ1n) is 17.4. The topological polar surface area (TPSA) is 9.86 Å². The lowest BCUT2D eigenvalue weighted by Crippen LogP contribution is -1.96. The van der Waals surface area contributed by atoms with Gasteiger partial charge in [0.15, 0.2) is 0 Å². The Kier molecular flexibility index (Phi) is 6.16. The van der Waals surface area contributed by atoms with Crippen LogP contribution in [0.4, 0.5) is 0 Å². The largest absolute Gasteiger partial charge is 0.309 e. The van der Waals surface area contributed by atoms with Crippen LogP contribution in [0.3, 0.4) is 0 Å². The molecule has 3 heterocycles. The molecule has 0 N–H and O–H groups in total. The second-order valence-electron chi connectivity index (χ2n) is 13.3. The predicted octanol–water partition coefficient (Wildman–Crippen LogP) is 13.6. The fourth-order valence-electron chi connectivity index (χ4n) is 8.27. The van der Waals surface area contributed by atoms with E-state index in [0.29, 0.717) is 0 Å². The molecule has 0 bridgehead atoms. The van der Waals surface area contributed by atoms with Crippen molar-refractivity contribution in [1.29, 1.82) is 0 Å². The molecule has 0 aliphatic rings. The summed E-state index contributed by atoms with van der Waals surface area (Å²) in [6.07, 6.45) is 0. The van der Waals surface area contributed by atoms with Crippen LogP contribution in [0.15, 0.2) is 182 Å². The molecule has 11 aromatic rings. The Bertz CT molecular complexity index is 3120. The van der Waals surface area contributed by atoms with Crippen LogP contribution in [-0.2, 0) is 0 Å². The number of aromatic nitrogens is 2. The Hall–Kier alpha value is -6.42. The van der Waals surface area contributed by atoms with Gasteiger partial charge in [0.25, 0.3) is 0 Å². The Morgan fingerprint density at radius 3 is 1.86 bits per heavy atom. The molecule has 0 aliphatic carbocycles. The fraction of sp³-hybridized carbons (Fsp3) is 0. The van der Waals surface area contributed by atoms with Crippen molar-refractivity contribution >= 4 is 75.1 Å². The van der Waals surface area contributed by atoms with Crippen molar-refractivity contribution < 1.29 is 0 Å². The molecule has 2 nitrogen and oxygen atoms in total. The van der Waals surface area contributed by atoms with E-state index in [-0.39, 0.29) is 0 Å². The van der Waals surface area contributed by atoms with Crippen molar-refractivity contribution in [3.8, 4) is 33.6 Å². The minimum absolute atomic E-state index is 1.15. The molecule has 238 valence electrons. The van der Waals surface area contributed by atoms with Crippen molar-refractivity contribution in [2.45, 2.75) is 0 Å². The van der Waals surface area contributed by atoms with Gasteiger partial charge in [-0.15, -0.1) is 11.3 Å². The summed E-state index contributed by atoms with van der Waals surface area (Å²) < 4.78 is 7.59. The van der Waals surface area contributed by atoms with Gasteiger partial charge in [0.1, 0.15) is 0 Å². The number of hydrogen-bond donors (Lipinski definition) is 0. The second-order valence-corrected chi connectivity index (χ2v) is 14.4. The van der Waals surface area contributed by atoms with E-state index in [1.165, 1.54) is 86.0 Å². The number of nitrogens with zero attached hydrogens (tertiary/aromatic N) is 2. The first kappa shape index (κ1) is 28.4. The van der Waals surface area contributed by atoms with E-state index in [1.807, 2.05) is 11.3 Å². The smallest absolute Gasteiger partial charge is 0.0641 e. The molecule has 0 fully saturated rings. The zero-order valence-electron chi connectivity index (χ0n) is 27.6. The van der Waals surface area contributed by atoms with Crippen molar-refractivity contribution in [3.63, 3.8) is 0 Å². The average Bonchev–Trinajstić information content (AvgIpc) is 3.86. The molecule has 3 heteroatoms. The highest BCUT2D eigenvalue weighted by Gasteiger charge is 2.21. The normalized spacial score (nSPS) is 11.9. The highest BCUT2D eigenvalue weighted by Crippen LogP contribution is 2.43. The SMILES string of the molecule is c1ccc(-c2cccc(-n3c4ccccc4c4ccc5c(c6ccccc6n5-c5ccc(-c6cccc7c6sc6ccccc67)cc5)c43)c2)cc1. The van der Waals surface area contributed by atoms with Gasteiger partial charge in [-0.2, -0.15) is 0 Å². The summed E-state index contributed by atoms with van der Waals surface area (Å²) in [5, 5.41) is 7.70. The number of thiophene rings is 1. The molecule has 0 spiro atoms. The molecule has 0 saturated heterocycles. The molecule has 0 atom stereocenters. The number of benzene rings is 8. The van der Waals surface area contributed by atoms with E-state index >= 15 is 0 Å². The molecule has 0 unspecified atom stereocenters. The third-order valence-corrected chi connectivity index (χ3v) is 11.7. The first-order valence-corrected chi connectivity index (χ1v) is 18.3. The zero-order valence-corrected chi connectivity index (χ0v) is 28.4. The summed E-state index contributed by atoms with van der Waals surface area (Å²) in [7, 11) is 0. The van der Waals surface area contributed by atoms with E-state index in [1.54, 1.807) is 0 Å². The molecular weight excluding hydrogens is 637 g/mol. The van der Waals surface area contributed by atoms with Gasteiger partial charge < -0.3 is 9.13 Å². The van der Waals surface area contributed by atoms with Crippen LogP contribution in [0.25, 0.3) is 97.4 Å². The third kappa shape index (κ3) is 4.22. The van der Waals surface area contributed by atoms with Crippen LogP contribution >= 0.6 is 11.3 Å². The quantitative estimate of drug-likeness (QED) is 0.177. The van der Waals surface area contributed by atoms with Crippen LogP contribution in [0.2, 0.25) is 0 Å². The summed E-state index contributed by atoms with van der Waals surface area (Å²) in [5.41, 5.74) is 12.1. The highest BCUT2D eigenvalue weighted by molar-refractivity contribution is 7.26. The van der Waals surface area contributed by atoms with E-state index in [0.717, 1.165) is 11.4 Å². The van der Waals surface area contributed by atoms with Gasteiger partial charge in [0, 0.05) is 53.1 Å². The number of fused-ring (bicyclic) bond motifs is 10. The molecule has 0 radical (unpaired) electrons. The van der Waals surface area contributed by atoms with Crippen molar-refractivity contribution in [3.05, 3.63) is 182 Å². The van der Waals surface area contributed by atoms with E-state index < -0.39 is 0 Å². The molecule has 0 aliphatic heterocycles. The van der Waals surface area contributed by atoms with Crippen molar-refractivity contribution in [2.75, 3.05) is 0 Å². The highest BCUT2D eigenvalue weighted by atomic mass is 32.1. The second kappa shape index (κ2) is 11.0. The maximum Gasteiger partial charge on any atom is 0.0641 e. The Balaban J connectivity index is 1.15. The molecule has 51 heavy (non-hydrogen) atoms. The molecule has 11 rings (SSSR count). The monoisotopic (exact) mass is 666 g/mol. The van der Waals surface area contributed by atoms with E-state index in [4.69, 9.17) is 0 Å². The summed E-state index contributed by atoms with van der Waals surface area (Å²) in [5.74, 6) is 0. The standard InChI is InChI=1S/C48H30N2S/c1-2-12-31(13-3-1)33-14-10-15-35(30-33)50-42-21-7-4-16-37(42)39-28-29-44-46(47(39)50)41-18-5-8-22-43(41)49(44)34-26-24-32(25-27-34)36-19-11-20-40-38-17-6-9-23-45(38)51-48(36)40/h1-30H. The summed E-state index contributed by atoms with van der Waals surface area (Å²) in [6, 6.07) is 66.6. The Labute approximate surface area is 298 Å². The van der Waals surface area contributed by atoms with Gasteiger partial charge in [-0.3, -0.25) is 0 Å². The van der Waals surface area contributed by atoms with Gasteiger partial charge in [0.2, 0.25) is 0 Å². The summed E-state index contributed by atoms with van der Waals surface area (Å²) in [6.45, 7) is 0. The molecule has 8 aromatic carbocycles. The van der Waals surface area contributed by atoms with Crippen LogP contribution in [-0.4, -0.2) is 9.13 Å². The van der Waals surface area contributed by atoms with E-state index in [2.05, 4.69) is 191 Å². The van der Waals surface area contributed by atoms with Crippen molar-refractivity contribution in [1.82, 2.24) is 9.13 Å². The maximum atomic E-state index is 2.48. The minimum atomic E-state index is 1.15. The van der Waals surface area contributed by atoms with Crippen molar-refractivity contribution in [2.24, 2.45) is 0 Å². The zero-order chi connectivity index (χ0) is 33.5. The number of rotatable bonds is 4. The third-order valence-electron chi connectivity index (χ3n) is 10.5. The fourth-order valence-corrected chi connectivity index (χ4v) is 9.51. The van der Waals surface area contributed by atoms with Crippen LogP contribution in [0.1, 0.15) is 0 Å². The predicted molar refractivity (Wildman–Crippen MR) is 219 cm³/mol. The van der Waals surface area contributed by atoms with Gasteiger partial charge in [0.05, 0.1) is 22.1 Å². The van der Waals surface area contributed by atoms with Gasteiger partial charge >= 0.3 is 0 Å². The van der Waals surface area contributed by atoms with Gasteiger partial charge in [-0.25, -0.2) is 0 Å².